The Labute approximate surface area is 110 Å². The van der Waals surface area contributed by atoms with Crippen molar-refractivity contribution in [2.45, 2.75) is 45.9 Å². The van der Waals surface area contributed by atoms with Crippen LogP contribution in [0.1, 0.15) is 42.1 Å². The van der Waals surface area contributed by atoms with E-state index < -0.39 is 0 Å². The number of thioether (sulfide) groups is 1. The van der Waals surface area contributed by atoms with Gasteiger partial charge in [0.25, 0.3) is 0 Å². The minimum Gasteiger partial charge on any atom is -0.309 e. The molecular formula is C15H25NS. The lowest BCUT2D eigenvalue weighted by atomic mass is 9.96. The number of hydrogen-bond donors (Lipinski definition) is 1. The third-order valence-electron chi connectivity index (χ3n) is 3.46. The zero-order chi connectivity index (χ0) is 13.0. The van der Waals surface area contributed by atoms with Crippen molar-refractivity contribution in [2.24, 2.45) is 0 Å². The summed E-state index contributed by atoms with van der Waals surface area (Å²) < 4.78 is 0. The fourth-order valence-corrected chi connectivity index (χ4v) is 2.25. The summed E-state index contributed by atoms with van der Waals surface area (Å²) in [6, 6.07) is 5.05. The Balaban J connectivity index is 2.75. The standard InChI is InChI=1S/C15H25NS/c1-10-7-12(3)15(8-11(10)2)14(5)16-9-13(4)17-6/h7-8,13-14,16H,9H2,1-6H3. The van der Waals surface area contributed by atoms with Gasteiger partial charge in [-0.1, -0.05) is 19.1 Å². The molecule has 0 amide bonds. The lowest BCUT2D eigenvalue weighted by Gasteiger charge is -2.20. The molecule has 0 saturated carbocycles. The maximum absolute atomic E-state index is 3.62. The summed E-state index contributed by atoms with van der Waals surface area (Å²) in [6.07, 6.45) is 2.16. The molecule has 0 spiro atoms. The Bertz CT molecular complexity index is 373. The summed E-state index contributed by atoms with van der Waals surface area (Å²) in [5.74, 6) is 0. The van der Waals surface area contributed by atoms with Gasteiger partial charge in [-0.15, -0.1) is 0 Å². The van der Waals surface area contributed by atoms with Gasteiger partial charge in [0, 0.05) is 17.8 Å². The Morgan fingerprint density at radius 1 is 1.06 bits per heavy atom. The van der Waals surface area contributed by atoms with E-state index in [1.165, 1.54) is 22.3 Å². The Morgan fingerprint density at radius 2 is 1.65 bits per heavy atom. The van der Waals surface area contributed by atoms with E-state index in [9.17, 15) is 0 Å². The van der Waals surface area contributed by atoms with Crippen molar-refractivity contribution in [3.05, 3.63) is 34.4 Å². The van der Waals surface area contributed by atoms with Crippen LogP contribution in [0.25, 0.3) is 0 Å². The molecule has 1 aromatic rings. The second kappa shape index (κ2) is 6.46. The SMILES string of the molecule is CSC(C)CNC(C)c1cc(C)c(C)cc1C. The number of nitrogens with one attached hydrogen (secondary N) is 1. The summed E-state index contributed by atoms with van der Waals surface area (Å²) in [4.78, 5) is 0. The van der Waals surface area contributed by atoms with Crippen molar-refractivity contribution < 1.29 is 0 Å². The molecule has 0 aromatic heterocycles. The summed E-state index contributed by atoms with van der Waals surface area (Å²) in [5.41, 5.74) is 5.60. The molecule has 0 saturated heterocycles. The third-order valence-corrected chi connectivity index (χ3v) is 4.43. The topological polar surface area (TPSA) is 12.0 Å². The number of hydrogen-bond acceptors (Lipinski definition) is 2. The summed E-state index contributed by atoms with van der Waals surface area (Å²) >= 11 is 1.91. The molecule has 2 atom stereocenters. The predicted molar refractivity (Wildman–Crippen MR) is 80.0 cm³/mol. The van der Waals surface area contributed by atoms with Crippen LogP contribution in [-0.4, -0.2) is 18.1 Å². The van der Waals surface area contributed by atoms with Gasteiger partial charge in [0.1, 0.15) is 0 Å². The van der Waals surface area contributed by atoms with Crippen LogP contribution in [0.15, 0.2) is 12.1 Å². The van der Waals surface area contributed by atoms with Crippen LogP contribution >= 0.6 is 11.8 Å². The van der Waals surface area contributed by atoms with Gasteiger partial charge in [-0.05, 0) is 56.2 Å². The minimum absolute atomic E-state index is 0.434. The molecule has 0 aliphatic heterocycles. The molecule has 1 nitrogen and oxygen atoms in total. The first-order chi connectivity index (χ1) is 7.95. The van der Waals surface area contributed by atoms with E-state index in [2.05, 4.69) is 58.3 Å². The molecule has 96 valence electrons. The van der Waals surface area contributed by atoms with Crippen molar-refractivity contribution in [2.75, 3.05) is 12.8 Å². The van der Waals surface area contributed by atoms with Crippen LogP contribution in [0.4, 0.5) is 0 Å². The predicted octanol–water partition coefficient (Wildman–Crippen LogP) is 4.01. The molecule has 0 aliphatic rings. The first kappa shape index (κ1) is 14.6. The first-order valence-electron chi connectivity index (χ1n) is 6.29. The molecule has 1 rings (SSSR count). The van der Waals surface area contributed by atoms with E-state index in [0.29, 0.717) is 11.3 Å². The maximum Gasteiger partial charge on any atom is 0.0294 e. The van der Waals surface area contributed by atoms with Crippen LogP contribution < -0.4 is 5.32 Å². The zero-order valence-corrected chi connectivity index (χ0v) is 12.7. The molecule has 0 heterocycles. The van der Waals surface area contributed by atoms with Crippen molar-refractivity contribution >= 4 is 11.8 Å². The molecule has 0 radical (unpaired) electrons. The van der Waals surface area contributed by atoms with Gasteiger partial charge in [-0.2, -0.15) is 11.8 Å². The van der Waals surface area contributed by atoms with Crippen LogP contribution in [0.2, 0.25) is 0 Å². The Kier molecular flexibility index (Phi) is 5.54. The van der Waals surface area contributed by atoms with Crippen molar-refractivity contribution in [1.82, 2.24) is 5.32 Å². The Hall–Kier alpha value is -0.470. The molecule has 2 unspecified atom stereocenters. The van der Waals surface area contributed by atoms with Crippen LogP contribution in [0, 0.1) is 20.8 Å². The van der Waals surface area contributed by atoms with E-state index in [1.54, 1.807) is 0 Å². The van der Waals surface area contributed by atoms with E-state index in [1.807, 2.05) is 11.8 Å². The minimum atomic E-state index is 0.434. The molecule has 1 N–H and O–H groups in total. The molecule has 17 heavy (non-hydrogen) atoms. The normalized spacial score (nSPS) is 14.7. The van der Waals surface area contributed by atoms with Gasteiger partial charge in [0.05, 0.1) is 0 Å². The van der Waals surface area contributed by atoms with Crippen molar-refractivity contribution in [3.63, 3.8) is 0 Å². The van der Waals surface area contributed by atoms with Gasteiger partial charge >= 0.3 is 0 Å². The molecule has 2 heteroatoms. The van der Waals surface area contributed by atoms with E-state index in [0.717, 1.165) is 6.54 Å². The molecular weight excluding hydrogens is 226 g/mol. The van der Waals surface area contributed by atoms with Gasteiger partial charge < -0.3 is 5.32 Å². The van der Waals surface area contributed by atoms with E-state index in [-0.39, 0.29) is 0 Å². The lowest BCUT2D eigenvalue weighted by Crippen LogP contribution is -2.26. The largest absolute Gasteiger partial charge is 0.309 e. The van der Waals surface area contributed by atoms with E-state index >= 15 is 0 Å². The quantitative estimate of drug-likeness (QED) is 0.848. The van der Waals surface area contributed by atoms with Crippen molar-refractivity contribution in [3.8, 4) is 0 Å². The summed E-state index contributed by atoms with van der Waals surface area (Å²) in [6.45, 7) is 12.2. The fraction of sp³-hybridized carbons (Fsp3) is 0.600. The van der Waals surface area contributed by atoms with Crippen molar-refractivity contribution in [1.29, 1.82) is 0 Å². The lowest BCUT2D eigenvalue weighted by molar-refractivity contribution is 0.573. The van der Waals surface area contributed by atoms with Crippen LogP contribution in [-0.2, 0) is 0 Å². The van der Waals surface area contributed by atoms with Gasteiger partial charge in [-0.25, -0.2) is 0 Å². The second-order valence-corrected chi connectivity index (χ2v) is 6.25. The van der Waals surface area contributed by atoms with Crippen LogP contribution in [0.3, 0.4) is 0 Å². The average Bonchev–Trinajstić information content (AvgIpc) is 2.30. The van der Waals surface area contributed by atoms with Gasteiger partial charge in [0.2, 0.25) is 0 Å². The summed E-state index contributed by atoms with van der Waals surface area (Å²) in [7, 11) is 0. The van der Waals surface area contributed by atoms with Crippen LogP contribution in [0.5, 0.6) is 0 Å². The zero-order valence-electron chi connectivity index (χ0n) is 11.9. The monoisotopic (exact) mass is 251 g/mol. The summed E-state index contributed by atoms with van der Waals surface area (Å²) in [5, 5.41) is 4.29. The molecule has 0 fully saturated rings. The molecule has 0 aliphatic carbocycles. The second-order valence-electron chi connectivity index (χ2n) is 4.97. The number of benzene rings is 1. The molecule has 1 aromatic carbocycles. The number of aryl methyl sites for hydroxylation is 3. The van der Waals surface area contributed by atoms with E-state index in [4.69, 9.17) is 0 Å². The highest BCUT2D eigenvalue weighted by Gasteiger charge is 2.10. The highest BCUT2D eigenvalue weighted by molar-refractivity contribution is 7.99. The maximum atomic E-state index is 3.62. The van der Waals surface area contributed by atoms with Gasteiger partial charge in [-0.3, -0.25) is 0 Å². The number of rotatable bonds is 5. The average molecular weight is 251 g/mol. The third kappa shape index (κ3) is 4.04. The first-order valence-corrected chi connectivity index (χ1v) is 7.58. The highest BCUT2D eigenvalue weighted by atomic mass is 32.2. The fourth-order valence-electron chi connectivity index (χ4n) is 1.99. The molecule has 0 bridgehead atoms. The Morgan fingerprint density at radius 3 is 2.24 bits per heavy atom. The van der Waals surface area contributed by atoms with Gasteiger partial charge in [0.15, 0.2) is 0 Å². The highest BCUT2D eigenvalue weighted by Crippen LogP contribution is 2.21. The smallest absolute Gasteiger partial charge is 0.0294 e.